The van der Waals surface area contributed by atoms with Gasteiger partial charge in [0.25, 0.3) is 0 Å². The van der Waals surface area contributed by atoms with E-state index in [4.69, 9.17) is 0 Å². The van der Waals surface area contributed by atoms with Crippen molar-refractivity contribution in [3.8, 4) is 0 Å². The van der Waals surface area contributed by atoms with Gasteiger partial charge in [-0.05, 0) is 35.2 Å². The molecule has 0 fully saturated rings. The summed E-state index contributed by atoms with van der Waals surface area (Å²) in [6, 6.07) is 10.8. The number of hydrogen-bond donors (Lipinski definition) is 0. The Morgan fingerprint density at radius 2 is 1.64 bits per heavy atom. The molecule has 0 saturated heterocycles. The molecule has 0 heterocycles. The van der Waals surface area contributed by atoms with Crippen molar-refractivity contribution in [1.82, 2.24) is 0 Å². The third-order valence-corrected chi connectivity index (χ3v) is 4.72. The quantitative estimate of drug-likeness (QED) is 0.432. The molecule has 0 bridgehead atoms. The van der Waals surface area contributed by atoms with Crippen LogP contribution in [0.3, 0.4) is 0 Å². The first-order valence-electron chi connectivity index (χ1n) is 7.50. The Hall–Kier alpha value is 0.246. The normalized spacial score (nSPS) is 11.4. The van der Waals surface area contributed by atoms with Crippen molar-refractivity contribution in [2.45, 2.75) is 50.3 Å². The molecule has 0 aliphatic carbocycles. The summed E-state index contributed by atoms with van der Waals surface area (Å²) in [4.78, 5) is -0.0586. The Labute approximate surface area is 175 Å². The monoisotopic (exact) mass is 344 g/mol. The van der Waals surface area contributed by atoms with Crippen molar-refractivity contribution < 1.29 is 64.4 Å². The molecule has 114 valence electrons. The van der Waals surface area contributed by atoms with Gasteiger partial charge in [-0.15, -0.1) is 0 Å². The van der Waals surface area contributed by atoms with Crippen LogP contribution in [0.4, 0.5) is 0 Å². The fraction of sp³-hybridized carbons (Fsp3) is 0.412. The maximum atomic E-state index is 11.5. The summed E-state index contributed by atoms with van der Waals surface area (Å²) in [5.41, 5.74) is 0.680. The number of rotatable bonds is 7. The van der Waals surface area contributed by atoms with Gasteiger partial charge in [0.15, 0.2) is 0 Å². The van der Waals surface area contributed by atoms with E-state index in [1.165, 1.54) is 18.9 Å². The van der Waals surface area contributed by atoms with Crippen LogP contribution in [-0.4, -0.2) is 13.0 Å². The van der Waals surface area contributed by atoms with E-state index in [1.807, 2.05) is 24.3 Å². The van der Waals surface area contributed by atoms with Gasteiger partial charge in [-0.3, -0.25) is 0 Å². The van der Waals surface area contributed by atoms with Gasteiger partial charge >= 0.3 is 51.4 Å². The van der Waals surface area contributed by atoms with Gasteiger partial charge in [-0.1, -0.05) is 62.9 Å². The largest absolute Gasteiger partial charge is 1.00 e. The van der Waals surface area contributed by atoms with E-state index in [0.29, 0.717) is 12.0 Å². The van der Waals surface area contributed by atoms with Crippen molar-refractivity contribution in [2.24, 2.45) is 0 Å². The van der Waals surface area contributed by atoms with Crippen LogP contribution in [0.25, 0.3) is 10.8 Å². The van der Waals surface area contributed by atoms with Crippen LogP contribution in [0.2, 0.25) is 0 Å². The summed E-state index contributed by atoms with van der Waals surface area (Å²) in [5, 5.41) is 1.86. The SMILES string of the molecule is CCCCCCCc1c(S(=O)(=O)[O-])ccc2ccccc12.[K+]. The van der Waals surface area contributed by atoms with E-state index < -0.39 is 10.1 Å². The Morgan fingerprint density at radius 3 is 2.32 bits per heavy atom. The third-order valence-electron chi connectivity index (χ3n) is 3.80. The zero-order chi connectivity index (χ0) is 15.3. The standard InChI is InChI=1S/C17H22O3S.K/c1-2-3-4-5-6-11-16-15-10-8-7-9-14(15)12-13-17(16)21(18,19)20;/h7-10,12-13H,2-6,11H2,1H3,(H,18,19,20);/q;+1/p-1. The number of unbranched alkanes of at least 4 members (excludes halogenated alkanes) is 4. The van der Waals surface area contributed by atoms with Gasteiger partial charge in [0.05, 0.1) is 4.90 Å². The van der Waals surface area contributed by atoms with Crippen LogP contribution in [0.5, 0.6) is 0 Å². The summed E-state index contributed by atoms with van der Waals surface area (Å²) in [6.07, 6.45) is 6.14. The summed E-state index contributed by atoms with van der Waals surface area (Å²) in [5.74, 6) is 0. The number of benzene rings is 2. The summed E-state index contributed by atoms with van der Waals surface area (Å²) in [7, 11) is -4.42. The second kappa shape index (κ2) is 9.52. The minimum atomic E-state index is -4.42. The van der Waals surface area contributed by atoms with Crippen LogP contribution >= 0.6 is 0 Å². The van der Waals surface area contributed by atoms with Gasteiger partial charge in [0.1, 0.15) is 10.1 Å². The van der Waals surface area contributed by atoms with E-state index in [1.54, 1.807) is 6.07 Å². The molecule has 0 atom stereocenters. The van der Waals surface area contributed by atoms with Gasteiger partial charge < -0.3 is 4.55 Å². The van der Waals surface area contributed by atoms with E-state index in [-0.39, 0.29) is 56.3 Å². The molecule has 2 aromatic rings. The van der Waals surface area contributed by atoms with E-state index in [2.05, 4.69) is 6.92 Å². The van der Waals surface area contributed by atoms with Crippen molar-refractivity contribution >= 4 is 20.9 Å². The second-order valence-electron chi connectivity index (χ2n) is 5.38. The van der Waals surface area contributed by atoms with Crippen molar-refractivity contribution in [3.63, 3.8) is 0 Å². The smallest absolute Gasteiger partial charge is 0.744 e. The molecule has 0 aliphatic heterocycles. The predicted octanol–water partition coefficient (Wildman–Crippen LogP) is 1.26. The second-order valence-corrected chi connectivity index (χ2v) is 6.73. The average Bonchev–Trinajstić information content (AvgIpc) is 2.45. The first kappa shape index (κ1) is 20.3. The minimum absolute atomic E-state index is 0. The molecule has 0 unspecified atom stereocenters. The van der Waals surface area contributed by atoms with Gasteiger partial charge in [-0.2, -0.15) is 0 Å². The molecule has 0 spiro atoms. The van der Waals surface area contributed by atoms with Crippen LogP contribution < -0.4 is 51.4 Å². The van der Waals surface area contributed by atoms with Crippen LogP contribution in [-0.2, 0) is 16.5 Å². The molecule has 0 aliphatic rings. The Bertz CT molecular complexity index is 711. The molecule has 2 rings (SSSR count). The zero-order valence-corrected chi connectivity index (χ0v) is 17.3. The number of hydrogen-bond acceptors (Lipinski definition) is 3. The molecule has 22 heavy (non-hydrogen) atoms. The topological polar surface area (TPSA) is 57.2 Å². The number of fused-ring (bicyclic) bond motifs is 1. The molecule has 0 radical (unpaired) electrons. The fourth-order valence-corrected chi connectivity index (χ4v) is 3.46. The summed E-state index contributed by atoms with van der Waals surface area (Å²) in [6.45, 7) is 2.16. The van der Waals surface area contributed by atoms with Crippen LogP contribution in [0.15, 0.2) is 41.3 Å². The molecule has 2 aromatic carbocycles. The summed E-state index contributed by atoms with van der Waals surface area (Å²) < 4.78 is 34.4. The van der Waals surface area contributed by atoms with Crippen molar-refractivity contribution in [1.29, 1.82) is 0 Å². The Balaban J connectivity index is 0.00000242. The molecule has 0 saturated carbocycles. The predicted molar refractivity (Wildman–Crippen MR) is 84.4 cm³/mol. The van der Waals surface area contributed by atoms with Crippen molar-refractivity contribution in [3.05, 3.63) is 42.0 Å². The minimum Gasteiger partial charge on any atom is -0.744 e. The van der Waals surface area contributed by atoms with Crippen LogP contribution in [0, 0.1) is 0 Å². The van der Waals surface area contributed by atoms with Crippen LogP contribution in [0.1, 0.15) is 44.6 Å². The van der Waals surface area contributed by atoms with Crippen molar-refractivity contribution in [2.75, 3.05) is 0 Å². The number of aryl methyl sites for hydroxylation is 1. The third kappa shape index (κ3) is 5.41. The molecule has 5 heteroatoms. The molecule has 0 aromatic heterocycles. The Morgan fingerprint density at radius 1 is 0.955 bits per heavy atom. The maximum absolute atomic E-state index is 11.5. The zero-order valence-electron chi connectivity index (χ0n) is 13.3. The van der Waals surface area contributed by atoms with Gasteiger partial charge in [0.2, 0.25) is 0 Å². The molecule has 3 nitrogen and oxygen atoms in total. The molecular formula is C17H21KO3S. The molecule has 0 N–H and O–H groups in total. The Kier molecular flexibility index (Phi) is 8.78. The van der Waals surface area contributed by atoms with Gasteiger partial charge in [-0.25, -0.2) is 8.42 Å². The summed E-state index contributed by atoms with van der Waals surface area (Å²) >= 11 is 0. The van der Waals surface area contributed by atoms with E-state index in [0.717, 1.165) is 30.0 Å². The average molecular weight is 345 g/mol. The maximum Gasteiger partial charge on any atom is 1.00 e. The van der Waals surface area contributed by atoms with Gasteiger partial charge in [0, 0.05) is 0 Å². The first-order chi connectivity index (χ1) is 10.0. The molecule has 0 amide bonds. The van der Waals surface area contributed by atoms with E-state index in [9.17, 15) is 13.0 Å². The van der Waals surface area contributed by atoms with E-state index >= 15 is 0 Å². The fourth-order valence-electron chi connectivity index (χ4n) is 2.71. The molecular weight excluding hydrogens is 323 g/mol. The first-order valence-corrected chi connectivity index (χ1v) is 8.91.